The monoisotopic (exact) mass is 309 g/mol. The summed E-state index contributed by atoms with van der Waals surface area (Å²) in [5.74, 6) is 1.57. The fourth-order valence-electron chi connectivity index (χ4n) is 2.10. The molecule has 0 aliphatic carbocycles. The van der Waals surface area contributed by atoms with E-state index in [0.29, 0.717) is 33.1 Å². The number of nitrogens with two attached hydrogens (primary N) is 1. The number of nitrogen functional groups attached to an aromatic ring is 1. The molecule has 0 saturated carbocycles. The SMILES string of the molecule is Cc1ccc(Oc2c(Cl)cc(N)cc2Cl)cc1C(C)C. The number of hydrogen-bond acceptors (Lipinski definition) is 2. The van der Waals surface area contributed by atoms with E-state index in [1.54, 1.807) is 12.1 Å². The Morgan fingerprint density at radius 2 is 1.65 bits per heavy atom. The molecule has 0 bridgehead atoms. The first-order chi connectivity index (χ1) is 9.38. The van der Waals surface area contributed by atoms with Gasteiger partial charge in [0.25, 0.3) is 0 Å². The molecule has 0 radical (unpaired) electrons. The molecule has 106 valence electrons. The topological polar surface area (TPSA) is 35.2 Å². The van der Waals surface area contributed by atoms with Crippen LogP contribution in [0.15, 0.2) is 30.3 Å². The first kappa shape index (κ1) is 15.0. The van der Waals surface area contributed by atoms with E-state index in [1.807, 2.05) is 18.2 Å². The summed E-state index contributed by atoms with van der Waals surface area (Å²) in [7, 11) is 0. The van der Waals surface area contributed by atoms with Gasteiger partial charge in [-0.05, 0) is 48.2 Å². The van der Waals surface area contributed by atoms with Gasteiger partial charge in [-0.15, -0.1) is 0 Å². The van der Waals surface area contributed by atoms with E-state index in [9.17, 15) is 0 Å². The van der Waals surface area contributed by atoms with Gasteiger partial charge in [0.05, 0.1) is 10.0 Å². The number of ether oxygens (including phenoxy) is 1. The van der Waals surface area contributed by atoms with Crippen molar-refractivity contribution in [1.29, 1.82) is 0 Å². The highest BCUT2D eigenvalue weighted by Crippen LogP contribution is 2.38. The Labute approximate surface area is 129 Å². The smallest absolute Gasteiger partial charge is 0.164 e. The number of aryl methyl sites for hydroxylation is 1. The number of rotatable bonds is 3. The third kappa shape index (κ3) is 3.20. The zero-order valence-electron chi connectivity index (χ0n) is 11.7. The van der Waals surface area contributed by atoms with Gasteiger partial charge in [-0.1, -0.05) is 43.1 Å². The summed E-state index contributed by atoms with van der Waals surface area (Å²) < 4.78 is 5.82. The molecular formula is C16H17Cl2NO. The van der Waals surface area contributed by atoms with Crippen LogP contribution in [-0.4, -0.2) is 0 Å². The van der Waals surface area contributed by atoms with E-state index in [4.69, 9.17) is 33.7 Å². The highest BCUT2D eigenvalue weighted by molar-refractivity contribution is 6.37. The van der Waals surface area contributed by atoms with Crippen molar-refractivity contribution in [3.63, 3.8) is 0 Å². The second-order valence-electron chi connectivity index (χ2n) is 5.09. The minimum absolute atomic E-state index is 0.404. The molecule has 0 fully saturated rings. The molecule has 0 aliphatic rings. The normalized spacial score (nSPS) is 10.9. The van der Waals surface area contributed by atoms with Crippen LogP contribution in [0, 0.1) is 6.92 Å². The number of hydrogen-bond donors (Lipinski definition) is 1. The molecule has 2 rings (SSSR count). The first-order valence-corrected chi connectivity index (χ1v) is 7.17. The van der Waals surface area contributed by atoms with E-state index < -0.39 is 0 Å². The standard InChI is InChI=1S/C16H17Cl2NO/c1-9(2)13-8-12(5-4-10(13)3)20-16-14(17)6-11(19)7-15(16)18/h4-9H,19H2,1-3H3. The number of benzene rings is 2. The van der Waals surface area contributed by atoms with Crippen molar-refractivity contribution in [3.8, 4) is 11.5 Å². The van der Waals surface area contributed by atoms with Crippen LogP contribution in [0.25, 0.3) is 0 Å². The third-order valence-corrected chi connectivity index (χ3v) is 3.67. The Hall–Kier alpha value is -1.38. The molecule has 20 heavy (non-hydrogen) atoms. The maximum absolute atomic E-state index is 6.13. The van der Waals surface area contributed by atoms with Crippen molar-refractivity contribution in [3.05, 3.63) is 51.5 Å². The average molecular weight is 310 g/mol. The van der Waals surface area contributed by atoms with E-state index in [-0.39, 0.29) is 0 Å². The Bertz CT molecular complexity index is 615. The van der Waals surface area contributed by atoms with Crippen molar-refractivity contribution >= 4 is 28.9 Å². The molecule has 2 nitrogen and oxygen atoms in total. The maximum atomic E-state index is 6.13. The van der Waals surface area contributed by atoms with Gasteiger partial charge >= 0.3 is 0 Å². The molecule has 2 aromatic carbocycles. The van der Waals surface area contributed by atoms with Gasteiger partial charge in [0, 0.05) is 5.69 Å². The maximum Gasteiger partial charge on any atom is 0.164 e. The molecule has 0 heterocycles. The zero-order chi connectivity index (χ0) is 14.9. The van der Waals surface area contributed by atoms with Gasteiger partial charge in [-0.3, -0.25) is 0 Å². The minimum Gasteiger partial charge on any atom is -0.454 e. The molecule has 0 atom stereocenters. The first-order valence-electron chi connectivity index (χ1n) is 6.41. The van der Waals surface area contributed by atoms with E-state index >= 15 is 0 Å². The highest BCUT2D eigenvalue weighted by Gasteiger charge is 2.11. The fourth-order valence-corrected chi connectivity index (χ4v) is 2.68. The summed E-state index contributed by atoms with van der Waals surface area (Å²) in [6.45, 7) is 6.38. The number of halogens is 2. The van der Waals surface area contributed by atoms with Crippen LogP contribution >= 0.6 is 23.2 Å². The Morgan fingerprint density at radius 3 is 2.20 bits per heavy atom. The van der Waals surface area contributed by atoms with Crippen LogP contribution < -0.4 is 10.5 Å². The van der Waals surface area contributed by atoms with Crippen molar-refractivity contribution in [2.24, 2.45) is 0 Å². The number of anilines is 1. The second-order valence-corrected chi connectivity index (χ2v) is 5.90. The quantitative estimate of drug-likeness (QED) is 0.727. The summed E-state index contributed by atoms with van der Waals surface area (Å²) in [5, 5.41) is 0.809. The van der Waals surface area contributed by atoms with Crippen LogP contribution in [0.5, 0.6) is 11.5 Å². The molecule has 0 spiro atoms. The lowest BCUT2D eigenvalue weighted by molar-refractivity contribution is 0.482. The molecule has 4 heteroatoms. The van der Waals surface area contributed by atoms with Gasteiger partial charge in [-0.25, -0.2) is 0 Å². The van der Waals surface area contributed by atoms with E-state index in [2.05, 4.69) is 20.8 Å². The molecule has 0 unspecified atom stereocenters. The molecule has 2 aromatic rings. The average Bonchev–Trinajstić information content (AvgIpc) is 2.35. The van der Waals surface area contributed by atoms with Crippen molar-refractivity contribution < 1.29 is 4.74 Å². The van der Waals surface area contributed by atoms with Gasteiger partial charge in [-0.2, -0.15) is 0 Å². The molecule has 0 aliphatic heterocycles. The van der Waals surface area contributed by atoms with Crippen LogP contribution in [0.1, 0.15) is 30.9 Å². The molecule has 0 saturated heterocycles. The van der Waals surface area contributed by atoms with Crippen molar-refractivity contribution in [2.45, 2.75) is 26.7 Å². The lowest BCUT2D eigenvalue weighted by atomic mass is 9.98. The summed E-state index contributed by atoms with van der Waals surface area (Å²) in [5.41, 5.74) is 8.67. The summed E-state index contributed by atoms with van der Waals surface area (Å²) in [6.07, 6.45) is 0. The van der Waals surface area contributed by atoms with Crippen molar-refractivity contribution in [2.75, 3.05) is 5.73 Å². The van der Waals surface area contributed by atoms with Gasteiger partial charge in [0.2, 0.25) is 0 Å². The molecular weight excluding hydrogens is 293 g/mol. The Morgan fingerprint density at radius 1 is 1.05 bits per heavy atom. The molecule has 0 amide bonds. The van der Waals surface area contributed by atoms with Gasteiger partial charge in [0.15, 0.2) is 5.75 Å². The zero-order valence-corrected chi connectivity index (χ0v) is 13.2. The second kappa shape index (κ2) is 5.94. The van der Waals surface area contributed by atoms with E-state index in [0.717, 1.165) is 0 Å². The Balaban J connectivity index is 2.38. The van der Waals surface area contributed by atoms with Gasteiger partial charge < -0.3 is 10.5 Å². The summed E-state index contributed by atoms with van der Waals surface area (Å²) in [6, 6.07) is 9.21. The molecule has 0 aromatic heterocycles. The van der Waals surface area contributed by atoms with Gasteiger partial charge in [0.1, 0.15) is 5.75 Å². The minimum atomic E-state index is 0.404. The third-order valence-electron chi connectivity index (χ3n) is 3.11. The van der Waals surface area contributed by atoms with Crippen LogP contribution in [-0.2, 0) is 0 Å². The lowest BCUT2D eigenvalue weighted by Gasteiger charge is -2.14. The fraction of sp³-hybridized carbons (Fsp3) is 0.250. The predicted octanol–water partition coefficient (Wildman–Crippen LogP) is 5.80. The Kier molecular flexibility index (Phi) is 4.46. The lowest BCUT2D eigenvalue weighted by Crippen LogP contribution is -1.95. The summed E-state index contributed by atoms with van der Waals surface area (Å²) in [4.78, 5) is 0. The van der Waals surface area contributed by atoms with Crippen LogP contribution in [0.2, 0.25) is 10.0 Å². The van der Waals surface area contributed by atoms with Crippen LogP contribution in [0.4, 0.5) is 5.69 Å². The summed E-state index contributed by atoms with van der Waals surface area (Å²) >= 11 is 12.3. The van der Waals surface area contributed by atoms with Crippen LogP contribution in [0.3, 0.4) is 0 Å². The van der Waals surface area contributed by atoms with E-state index in [1.165, 1.54) is 11.1 Å². The predicted molar refractivity (Wildman–Crippen MR) is 86.2 cm³/mol. The largest absolute Gasteiger partial charge is 0.454 e. The van der Waals surface area contributed by atoms with Crippen molar-refractivity contribution in [1.82, 2.24) is 0 Å². The highest BCUT2D eigenvalue weighted by atomic mass is 35.5. The molecule has 2 N–H and O–H groups in total.